The normalized spacial score (nSPS) is 14.6. The maximum atomic E-state index is 5.95. The lowest BCUT2D eigenvalue weighted by Crippen LogP contribution is -2.15. The number of hydrogen-bond acceptors (Lipinski definition) is 2. The van der Waals surface area contributed by atoms with Crippen LogP contribution in [-0.2, 0) is 0 Å². The molecule has 0 aliphatic carbocycles. The van der Waals surface area contributed by atoms with E-state index in [1.54, 1.807) is 0 Å². The van der Waals surface area contributed by atoms with Gasteiger partial charge in [0.1, 0.15) is 5.75 Å². The highest BCUT2D eigenvalue weighted by molar-refractivity contribution is 5.39. The first-order valence-corrected chi connectivity index (χ1v) is 6.07. The van der Waals surface area contributed by atoms with E-state index in [0.29, 0.717) is 0 Å². The maximum Gasteiger partial charge on any atom is 0.124 e. The van der Waals surface area contributed by atoms with Gasteiger partial charge in [0.05, 0.1) is 6.10 Å². The van der Waals surface area contributed by atoms with Crippen molar-refractivity contribution in [1.29, 1.82) is 0 Å². The Bertz CT molecular complexity index is 334. The molecule has 1 rings (SSSR count). The van der Waals surface area contributed by atoms with Gasteiger partial charge in [0.25, 0.3) is 0 Å². The molecule has 2 N–H and O–H groups in total. The molecule has 2 nitrogen and oxygen atoms in total. The molecule has 0 aromatic heterocycles. The van der Waals surface area contributed by atoms with E-state index in [9.17, 15) is 0 Å². The second-order valence-electron chi connectivity index (χ2n) is 4.55. The monoisotopic (exact) mass is 221 g/mol. The number of nitrogens with two attached hydrogens (primary N) is 1. The van der Waals surface area contributed by atoms with E-state index in [1.807, 2.05) is 6.92 Å². The lowest BCUT2D eigenvalue weighted by atomic mass is 10.1. The Morgan fingerprint density at radius 3 is 2.56 bits per heavy atom. The smallest absolute Gasteiger partial charge is 0.124 e. The molecule has 0 spiro atoms. The van der Waals surface area contributed by atoms with Gasteiger partial charge in [-0.15, -0.1) is 0 Å². The quantitative estimate of drug-likeness (QED) is 0.824. The van der Waals surface area contributed by atoms with Crippen LogP contribution >= 0.6 is 0 Å². The third kappa shape index (κ3) is 3.53. The molecule has 1 aromatic carbocycles. The molecule has 90 valence electrons. The molecule has 0 saturated heterocycles. The minimum atomic E-state index is 0.0180. The number of hydrogen-bond donors (Lipinski definition) is 1. The molecule has 16 heavy (non-hydrogen) atoms. The largest absolute Gasteiger partial charge is 0.490 e. The van der Waals surface area contributed by atoms with Crippen molar-refractivity contribution >= 4 is 0 Å². The van der Waals surface area contributed by atoms with Crippen molar-refractivity contribution in [3.05, 3.63) is 29.3 Å². The van der Waals surface area contributed by atoms with Crippen molar-refractivity contribution in [2.24, 2.45) is 5.73 Å². The van der Waals surface area contributed by atoms with Crippen molar-refractivity contribution < 1.29 is 4.74 Å². The zero-order valence-corrected chi connectivity index (χ0v) is 10.8. The number of benzene rings is 1. The first-order chi connectivity index (χ1) is 7.54. The second kappa shape index (κ2) is 5.90. The van der Waals surface area contributed by atoms with Crippen LogP contribution in [0.25, 0.3) is 0 Å². The Labute approximate surface area is 98.8 Å². The Hall–Kier alpha value is -1.02. The molecular weight excluding hydrogens is 198 g/mol. The third-order valence-electron chi connectivity index (χ3n) is 2.68. The summed E-state index contributed by atoms with van der Waals surface area (Å²) in [6.07, 6.45) is 2.47. The number of ether oxygens (including phenoxy) is 1. The van der Waals surface area contributed by atoms with Crippen LogP contribution in [-0.4, -0.2) is 6.10 Å². The van der Waals surface area contributed by atoms with Crippen molar-refractivity contribution in [1.82, 2.24) is 0 Å². The molecule has 0 aliphatic rings. The van der Waals surface area contributed by atoms with Gasteiger partial charge in [-0.3, -0.25) is 0 Å². The second-order valence-corrected chi connectivity index (χ2v) is 4.55. The summed E-state index contributed by atoms with van der Waals surface area (Å²) >= 11 is 0. The zero-order chi connectivity index (χ0) is 12.1. The van der Waals surface area contributed by atoms with Gasteiger partial charge in [-0.05, 0) is 38.8 Å². The van der Waals surface area contributed by atoms with E-state index >= 15 is 0 Å². The first kappa shape index (κ1) is 13.0. The predicted octanol–water partition coefficient (Wildman–Crippen LogP) is 3.58. The fraction of sp³-hybridized carbons (Fsp3) is 0.571. The van der Waals surface area contributed by atoms with Crippen molar-refractivity contribution in [3.8, 4) is 5.75 Å². The summed E-state index contributed by atoms with van der Waals surface area (Å²) in [7, 11) is 0. The van der Waals surface area contributed by atoms with Gasteiger partial charge in [-0.2, -0.15) is 0 Å². The van der Waals surface area contributed by atoms with Crippen LogP contribution < -0.4 is 10.5 Å². The molecule has 2 atom stereocenters. The summed E-state index contributed by atoms with van der Waals surface area (Å²) < 4.78 is 5.95. The van der Waals surface area contributed by atoms with Gasteiger partial charge in [-0.1, -0.05) is 25.5 Å². The molecule has 0 amide bonds. The Morgan fingerprint density at radius 1 is 1.31 bits per heavy atom. The Kier molecular flexibility index (Phi) is 4.81. The van der Waals surface area contributed by atoms with Gasteiger partial charge in [0.2, 0.25) is 0 Å². The van der Waals surface area contributed by atoms with Crippen LogP contribution in [0.2, 0.25) is 0 Å². The van der Waals surface area contributed by atoms with Crippen LogP contribution in [0.4, 0.5) is 0 Å². The first-order valence-electron chi connectivity index (χ1n) is 6.07. The molecule has 0 bridgehead atoms. The average Bonchev–Trinajstić information content (AvgIpc) is 2.17. The van der Waals surface area contributed by atoms with Crippen LogP contribution in [0.15, 0.2) is 18.2 Å². The molecule has 0 fully saturated rings. The van der Waals surface area contributed by atoms with Gasteiger partial charge >= 0.3 is 0 Å². The van der Waals surface area contributed by atoms with Crippen molar-refractivity contribution in [3.63, 3.8) is 0 Å². The van der Waals surface area contributed by atoms with E-state index in [2.05, 4.69) is 39.0 Å². The molecule has 0 heterocycles. The molecule has 0 aliphatic heterocycles. The van der Waals surface area contributed by atoms with Crippen LogP contribution in [0.1, 0.15) is 50.8 Å². The van der Waals surface area contributed by atoms with E-state index in [0.717, 1.165) is 24.2 Å². The van der Waals surface area contributed by atoms with E-state index < -0.39 is 0 Å². The fourth-order valence-electron chi connectivity index (χ4n) is 1.80. The predicted molar refractivity (Wildman–Crippen MR) is 68.8 cm³/mol. The maximum absolute atomic E-state index is 5.95. The minimum Gasteiger partial charge on any atom is -0.490 e. The minimum absolute atomic E-state index is 0.0180. The number of aryl methyl sites for hydroxylation is 1. The fourth-order valence-corrected chi connectivity index (χ4v) is 1.80. The third-order valence-corrected chi connectivity index (χ3v) is 2.68. The molecule has 0 saturated carbocycles. The molecular formula is C14H23NO. The van der Waals surface area contributed by atoms with Crippen molar-refractivity contribution in [2.75, 3.05) is 0 Å². The van der Waals surface area contributed by atoms with Crippen LogP contribution in [0.3, 0.4) is 0 Å². The SMILES string of the molecule is CCCC(C)Oc1cc(C)ccc1[C@@H](C)N. The highest BCUT2D eigenvalue weighted by Crippen LogP contribution is 2.26. The average molecular weight is 221 g/mol. The standard InChI is InChI=1S/C14H23NO/c1-5-6-11(3)16-14-9-10(2)7-8-13(14)12(4)15/h7-9,11-12H,5-6,15H2,1-4H3/t11?,12-/m1/s1. The van der Waals surface area contributed by atoms with E-state index in [4.69, 9.17) is 10.5 Å². The Balaban J connectivity index is 2.87. The lowest BCUT2D eigenvalue weighted by Gasteiger charge is -2.19. The van der Waals surface area contributed by atoms with Gasteiger partial charge in [-0.25, -0.2) is 0 Å². The van der Waals surface area contributed by atoms with E-state index in [-0.39, 0.29) is 12.1 Å². The van der Waals surface area contributed by atoms with Gasteiger partial charge in [0, 0.05) is 11.6 Å². The highest BCUT2D eigenvalue weighted by atomic mass is 16.5. The lowest BCUT2D eigenvalue weighted by molar-refractivity contribution is 0.207. The molecule has 0 radical (unpaired) electrons. The van der Waals surface area contributed by atoms with E-state index in [1.165, 1.54) is 5.56 Å². The highest BCUT2D eigenvalue weighted by Gasteiger charge is 2.11. The summed E-state index contributed by atoms with van der Waals surface area (Å²) in [6.45, 7) is 8.34. The van der Waals surface area contributed by atoms with Crippen molar-refractivity contribution in [2.45, 2.75) is 52.7 Å². The molecule has 1 aromatic rings. The summed E-state index contributed by atoms with van der Waals surface area (Å²) in [4.78, 5) is 0. The summed E-state index contributed by atoms with van der Waals surface area (Å²) in [5.74, 6) is 0.941. The number of rotatable bonds is 5. The summed E-state index contributed by atoms with van der Waals surface area (Å²) in [5, 5.41) is 0. The summed E-state index contributed by atoms with van der Waals surface area (Å²) in [5.41, 5.74) is 8.24. The van der Waals surface area contributed by atoms with Gasteiger partial charge < -0.3 is 10.5 Å². The zero-order valence-electron chi connectivity index (χ0n) is 10.8. The molecule has 2 heteroatoms. The van der Waals surface area contributed by atoms with Crippen LogP contribution in [0, 0.1) is 6.92 Å². The van der Waals surface area contributed by atoms with Crippen LogP contribution in [0.5, 0.6) is 5.75 Å². The topological polar surface area (TPSA) is 35.2 Å². The summed E-state index contributed by atoms with van der Waals surface area (Å²) in [6, 6.07) is 6.24. The molecule has 1 unspecified atom stereocenters. The van der Waals surface area contributed by atoms with Gasteiger partial charge in [0.15, 0.2) is 0 Å². The Morgan fingerprint density at radius 2 is 2.00 bits per heavy atom.